The molecule has 3 heterocycles. The van der Waals surface area contributed by atoms with Crippen molar-refractivity contribution in [3.05, 3.63) is 65.1 Å². The van der Waals surface area contributed by atoms with Crippen molar-refractivity contribution in [3.8, 4) is 22.5 Å². The van der Waals surface area contributed by atoms with Gasteiger partial charge in [0.1, 0.15) is 11.3 Å². The second-order valence-corrected chi connectivity index (χ2v) is 10.1. The maximum absolute atomic E-state index is 14.3. The first-order valence-electron chi connectivity index (χ1n) is 10.3. The summed E-state index contributed by atoms with van der Waals surface area (Å²) < 4.78 is 46.9. The Morgan fingerprint density at radius 2 is 1.94 bits per heavy atom. The molecular weight excluding hydrogens is 467 g/mol. The van der Waals surface area contributed by atoms with E-state index in [4.69, 9.17) is 16.3 Å². The molecule has 0 spiro atoms. The van der Waals surface area contributed by atoms with Gasteiger partial charge >= 0.3 is 0 Å². The van der Waals surface area contributed by atoms with Gasteiger partial charge in [0.05, 0.1) is 46.3 Å². The van der Waals surface area contributed by atoms with E-state index in [2.05, 4.69) is 15.0 Å². The highest BCUT2D eigenvalue weighted by atomic mass is 35.5. The molecule has 0 amide bonds. The van der Waals surface area contributed by atoms with Gasteiger partial charge < -0.3 is 9.72 Å². The Kier molecular flexibility index (Phi) is 5.65. The average Bonchev–Trinajstić information content (AvgIpc) is 3.22. The fraction of sp³-hybridized carbons (Fsp3) is 0.217. The molecule has 1 fully saturated rings. The first-order valence-corrected chi connectivity index (χ1v) is 12.2. The summed E-state index contributed by atoms with van der Waals surface area (Å²) in [6, 6.07) is 11.2. The summed E-state index contributed by atoms with van der Waals surface area (Å²) in [7, 11) is -3.59. The lowest BCUT2D eigenvalue weighted by Crippen LogP contribution is -2.40. The van der Waals surface area contributed by atoms with E-state index in [0.717, 1.165) is 11.1 Å². The van der Waals surface area contributed by atoms with E-state index in [-0.39, 0.29) is 15.5 Å². The number of nitrogens with one attached hydrogen (secondary N) is 1. The van der Waals surface area contributed by atoms with E-state index in [1.54, 1.807) is 42.6 Å². The Morgan fingerprint density at radius 1 is 1.15 bits per heavy atom. The number of halogens is 2. The first kappa shape index (κ1) is 22.0. The molecule has 0 aliphatic carbocycles. The molecule has 0 atom stereocenters. The number of aromatic amines is 1. The number of aryl methyl sites for hydroxylation is 1. The van der Waals surface area contributed by atoms with E-state index < -0.39 is 15.8 Å². The Bertz CT molecular complexity index is 1450. The topological polar surface area (TPSA) is 88.2 Å². The molecule has 1 aliphatic heterocycles. The van der Waals surface area contributed by atoms with Crippen LogP contribution in [0.25, 0.3) is 33.7 Å². The lowest BCUT2D eigenvalue weighted by Gasteiger charge is -2.26. The van der Waals surface area contributed by atoms with E-state index >= 15 is 0 Å². The maximum Gasteiger partial charge on any atom is 0.243 e. The van der Waals surface area contributed by atoms with Crippen LogP contribution >= 0.6 is 11.6 Å². The highest BCUT2D eigenvalue weighted by Crippen LogP contribution is 2.32. The normalized spacial score (nSPS) is 15.2. The molecule has 33 heavy (non-hydrogen) atoms. The minimum absolute atomic E-state index is 0.234. The number of hydrogen-bond donors (Lipinski definition) is 1. The Morgan fingerprint density at radius 3 is 2.67 bits per heavy atom. The summed E-state index contributed by atoms with van der Waals surface area (Å²) >= 11 is 6.19. The summed E-state index contributed by atoms with van der Waals surface area (Å²) in [4.78, 5) is 12.4. The predicted octanol–water partition coefficient (Wildman–Crippen LogP) is 4.41. The Labute approximate surface area is 195 Å². The number of H-pyrrole nitrogens is 1. The van der Waals surface area contributed by atoms with Crippen LogP contribution in [-0.4, -0.2) is 54.0 Å². The molecular formula is C23H20ClFN4O3S. The third-order valence-electron chi connectivity index (χ3n) is 5.65. The highest BCUT2D eigenvalue weighted by Gasteiger charge is 2.26. The first-order chi connectivity index (χ1) is 15.8. The summed E-state index contributed by atoms with van der Waals surface area (Å²) in [6.45, 7) is 3.30. The number of rotatable bonds is 4. The molecule has 170 valence electrons. The van der Waals surface area contributed by atoms with Crippen molar-refractivity contribution in [2.24, 2.45) is 0 Å². The molecule has 10 heteroatoms. The number of benzene rings is 2. The van der Waals surface area contributed by atoms with Gasteiger partial charge in [-0.1, -0.05) is 23.7 Å². The van der Waals surface area contributed by atoms with Gasteiger partial charge in [0.15, 0.2) is 5.65 Å². The minimum Gasteiger partial charge on any atom is -0.379 e. The standard InChI is InChI=1S/C23H20ClFN4O3S/c1-14-11-15(33(30,31)29-7-9-32-10-8-29)5-6-16(14)21-13-26-23-20(27-21)12-19(28-23)22-17(24)3-2-4-18(22)25/h2-6,11-13H,7-10H2,1H3,(H,26,28). The zero-order valence-electron chi connectivity index (χ0n) is 17.7. The van der Waals surface area contributed by atoms with Crippen LogP contribution < -0.4 is 0 Å². The molecule has 0 bridgehead atoms. The largest absolute Gasteiger partial charge is 0.379 e. The van der Waals surface area contributed by atoms with Crippen LogP contribution in [0.15, 0.2) is 53.6 Å². The van der Waals surface area contributed by atoms with Crippen molar-refractivity contribution in [3.63, 3.8) is 0 Å². The van der Waals surface area contributed by atoms with Gasteiger partial charge in [0.25, 0.3) is 0 Å². The molecule has 4 aromatic rings. The van der Waals surface area contributed by atoms with Gasteiger partial charge in [0.2, 0.25) is 10.0 Å². The molecule has 0 unspecified atom stereocenters. The van der Waals surface area contributed by atoms with Crippen molar-refractivity contribution in [2.75, 3.05) is 26.3 Å². The second-order valence-electron chi connectivity index (χ2n) is 7.76. The van der Waals surface area contributed by atoms with Crippen molar-refractivity contribution >= 4 is 32.8 Å². The zero-order chi connectivity index (χ0) is 23.2. The van der Waals surface area contributed by atoms with Gasteiger partial charge in [-0.3, -0.25) is 0 Å². The third-order valence-corrected chi connectivity index (χ3v) is 7.86. The maximum atomic E-state index is 14.3. The summed E-state index contributed by atoms with van der Waals surface area (Å²) in [5, 5.41) is 0.287. The lowest BCUT2D eigenvalue weighted by atomic mass is 10.1. The van der Waals surface area contributed by atoms with Gasteiger partial charge in [0, 0.05) is 18.7 Å². The number of sulfonamides is 1. The highest BCUT2D eigenvalue weighted by molar-refractivity contribution is 7.89. The number of ether oxygens (including phenoxy) is 1. The Hall–Kier alpha value is -2.85. The van der Waals surface area contributed by atoms with E-state index in [1.165, 1.54) is 10.4 Å². The molecule has 2 aromatic heterocycles. The van der Waals surface area contributed by atoms with Crippen LogP contribution in [0.5, 0.6) is 0 Å². The van der Waals surface area contributed by atoms with Crippen molar-refractivity contribution < 1.29 is 17.5 Å². The van der Waals surface area contributed by atoms with Crippen LogP contribution in [0.3, 0.4) is 0 Å². The fourth-order valence-electron chi connectivity index (χ4n) is 3.94. The molecule has 1 aliphatic rings. The lowest BCUT2D eigenvalue weighted by molar-refractivity contribution is 0.0730. The number of fused-ring (bicyclic) bond motifs is 1. The van der Waals surface area contributed by atoms with Crippen molar-refractivity contribution in [1.29, 1.82) is 0 Å². The number of aromatic nitrogens is 3. The third kappa shape index (κ3) is 4.02. The molecule has 7 nitrogen and oxygen atoms in total. The van der Waals surface area contributed by atoms with Gasteiger partial charge in [-0.05, 0) is 42.8 Å². The number of hydrogen-bond acceptors (Lipinski definition) is 5. The van der Waals surface area contributed by atoms with Gasteiger partial charge in [-0.2, -0.15) is 4.31 Å². The van der Waals surface area contributed by atoms with Crippen LogP contribution in [0.4, 0.5) is 4.39 Å². The molecule has 0 radical (unpaired) electrons. The molecule has 2 aromatic carbocycles. The summed E-state index contributed by atoms with van der Waals surface area (Å²) in [6.07, 6.45) is 1.60. The zero-order valence-corrected chi connectivity index (χ0v) is 19.3. The minimum atomic E-state index is -3.59. The van der Waals surface area contributed by atoms with Crippen molar-refractivity contribution in [2.45, 2.75) is 11.8 Å². The molecule has 0 saturated carbocycles. The predicted molar refractivity (Wildman–Crippen MR) is 124 cm³/mol. The monoisotopic (exact) mass is 486 g/mol. The Balaban J connectivity index is 1.50. The van der Waals surface area contributed by atoms with Gasteiger partial charge in [-0.25, -0.2) is 22.8 Å². The van der Waals surface area contributed by atoms with E-state index in [1.807, 2.05) is 6.92 Å². The van der Waals surface area contributed by atoms with Crippen LogP contribution in [0.1, 0.15) is 5.56 Å². The molecule has 1 N–H and O–H groups in total. The number of morpholine rings is 1. The summed E-state index contributed by atoms with van der Waals surface area (Å²) in [5.41, 5.74) is 3.88. The molecule has 1 saturated heterocycles. The number of nitrogens with zero attached hydrogens (tertiary/aromatic N) is 3. The SMILES string of the molecule is Cc1cc(S(=O)(=O)N2CCOCC2)ccc1-c1cnc2[nH]c(-c3c(F)cccc3Cl)cc2n1. The van der Waals surface area contributed by atoms with E-state index in [9.17, 15) is 12.8 Å². The average molecular weight is 487 g/mol. The quantitative estimate of drug-likeness (QED) is 0.461. The molecule has 5 rings (SSSR count). The van der Waals surface area contributed by atoms with Crippen LogP contribution in [-0.2, 0) is 14.8 Å². The van der Waals surface area contributed by atoms with Gasteiger partial charge in [-0.15, -0.1) is 0 Å². The van der Waals surface area contributed by atoms with Crippen LogP contribution in [0, 0.1) is 12.7 Å². The smallest absolute Gasteiger partial charge is 0.243 e. The van der Waals surface area contributed by atoms with Crippen LogP contribution in [0.2, 0.25) is 5.02 Å². The second kappa shape index (κ2) is 8.49. The van der Waals surface area contributed by atoms with Crippen molar-refractivity contribution in [1.82, 2.24) is 19.3 Å². The fourth-order valence-corrected chi connectivity index (χ4v) is 5.70. The van der Waals surface area contributed by atoms with E-state index in [0.29, 0.717) is 48.9 Å². The summed E-state index contributed by atoms with van der Waals surface area (Å²) in [5.74, 6) is -0.442.